The number of anilines is 1. The summed E-state index contributed by atoms with van der Waals surface area (Å²) in [7, 11) is 2.98. The number of carbonyl (C=O) groups is 1. The van der Waals surface area contributed by atoms with Crippen LogP contribution in [0.15, 0.2) is 42.5 Å². The van der Waals surface area contributed by atoms with Crippen molar-refractivity contribution in [2.75, 3.05) is 12.4 Å². The molecule has 2 aromatic carbocycles. The first-order valence-electron chi connectivity index (χ1n) is 8.80. The number of methoxy groups -OCH3 is 1. The molecular formula is C19H17N5O7. The first-order chi connectivity index (χ1) is 14.7. The molecule has 12 nitrogen and oxygen atoms in total. The average Bonchev–Trinajstić information content (AvgIpc) is 3.03. The van der Waals surface area contributed by atoms with Gasteiger partial charge in [-0.05, 0) is 31.2 Å². The Morgan fingerprint density at radius 3 is 2.26 bits per heavy atom. The van der Waals surface area contributed by atoms with E-state index in [0.717, 1.165) is 6.07 Å². The zero-order chi connectivity index (χ0) is 22.7. The van der Waals surface area contributed by atoms with Crippen LogP contribution in [0.25, 0.3) is 0 Å². The minimum atomic E-state index is -0.883. The highest BCUT2D eigenvalue weighted by atomic mass is 16.6. The Balaban J connectivity index is 1.92. The third-order valence-corrected chi connectivity index (χ3v) is 4.36. The van der Waals surface area contributed by atoms with Crippen LogP contribution in [-0.2, 0) is 7.05 Å². The third-order valence-electron chi connectivity index (χ3n) is 4.36. The molecule has 0 fully saturated rings. The second-order valence-corrected chi connectivity index (χ2v) is 6.37. The van der Waals surface area contributed by atoms with Gasteiger partial charge in [-0.3, -0.25) is 29.7 Å². The van der Waals surface area contributed by atoms with Crippen LogP contribution in [0.3, 0.4) is 0 Å². The Morgan fingerprint density at radius 2 is 1.68 bits per heavy atom. The van der Waals surface area contributed by atoms with E-state index in [0.29, 0.717) is 11.5 Å². The minimum absolute atomic E-state index is 0.0142. The number of non-ortho nitro benzene ring substituents is 1. The summed E-state index contributed by atoms with van der Waals surface area (Å²) in [5, 5.41) is 28.9. The molecule has 12 heteroatoms. The number of aromatic nitrogens is 2. The lowest BCUT2D eigenvalue weighted by atomic mass is 10.2. The molecule has 0 atom stereocenters. The Kier molecular flexibility index (Phi) is 5.81. The van der Waals surface area contributed by atoms with E-state index in [1.165, 1.54) is 37.9 Å². The van der Waals surface area contributed by atoms with E-state index < -0.39 is 27.1 Å². The van der Waals surface area contributed by atoms with E-state index in [1.807, 2.05) is 0 Å². The number of amides is 1. The van der Waals surface area contributed by atoms with E-state index in [2.05, 4.69) is 10.4 Å². The second kappa shape index (κ2) is 8.49. The maximum atomic E-state index is 12.6. The highest BCUT2D eigenvalue weighted by Crippen LogP contribution is 2.31. The summed E-state index contributed by atoms with van der Waals surface area (Å²) in [4.78, 5) is 33.9. The van der Waals surface area contributed by atoms with Crippen molar-refractivity contribution in [3.05, 3.63) is 74.1 Å². The standard InChI is InChI=1S/C19H17N5O7/c1-11-18(24(28)29)17(21-22(11)2)19(25)20-12-8-13(23(26)27)10-16(9-12)31-15-6-4-14(30-3)5-7-15/h4-10H,1-3H3,(H,20,25). The molecule has 1 aromatic heterocycles. The molecule has 0 unspecified atom stereocenters. The van der Waals surface area contributed by atoms with E-state index in [4.69, 9.17) is 9.47 Å². The van der Waals surface area contributed by atoms with Crippen LogP contribution in [-0.4, -0.2) is 32.6 Å². The Bertz CT molecular complexity index is 1170. The van der Waals surface area contributed by atoms with E-state index in [-0.39, 0.29) is 22.8 Å². The molecular weight excluding hydrogens is 410 g/mol. The van der Waals surface area contributed by atoms with Gasteiger partial charge in [-0.1, -0.05) is 0 Å². The number of ether oxygens (including phenoxy) is 2. The molecule has 3 aromatic rings. The highest BCUT2D eigenvalue weighted by Gasteiger charge is 2.29. The van der Waals surface area contributed by atoms with Crippen molar-refractivity contribution in [1.82, 2.24) is 9.78 Å². The van der Waals surface area contributed by atoms with Crippen molar-refractivity contribution in [1.29, 1.82) is 0 Å². The van der Waals surface area contributed by atoms with Gasteiger partial charge in [0, 0.05) is 19.2 Å². The lowest BCUT2D eigenvalue weighted by Crippen LogP contribution is -2.14. The molecule has 1 N–H and O–H groups in total. The topological polar surface area (TPSA) is 152 Å². The van der Waals surface area contributed by atoms with Crippen LogP contribution in [0.4, 0.5) is 17.1 Å². The summed E-state index contributed by atoms with van der Waals surface area (Å²) in [6, 6.07) is 10.2. The van der Waals surface area contributed by atoms with Crippen molar-refractivity contribution in [2.24, 2.45) is 7.05 Å². The van der Waals surface area contributed by atoms with Crippen molar-refractivity contribution < 1.29 is 24.1 Å². The third kappa shape index (κ3) is 4.58. The Hall–Kier alpha value is -4.48. The fourth-order valence-electron chi connectivity index (χ4n) is 2.76. The second-order valence-electron chi connectivity index (χ2n) is 6.37. The zero-order valence-corrected chi connectivity index (χ0v) is 16.7. The van der Waals surface area contributed by atoms with Gasteiger partial charge in [-0.25, -0.2) is 0 Å². The summed E-state index contributed by atoms with van der Waals surface area (Å²) in [5.74, 6) is 0.189. The molecule has 0 radical (unpaired) electrons. The van der Waals surface area contributed by atoms with Crippen LogP contribution in [0.2, 0.25) is 0 Å². The molecule has 0 aliphatic rings. The summed E-state index contributed by atoms with van der Waals surface area (Å²) in [6.45, 7) is 1.45. The lowest BCUT2D eigenvalue weighted by molar-refractivity contribution is -0.385. The molecule has 160 valence electrons. The lowest BCUT2D eigenvalue weighted by Gasteiger charge is -2.09. The number of hydrogen-bond donors (Lipinski definition) is 1. The number of aryl methyl sites for hydroxylation is 1. The molecule has 1 heterocycles. The van der Waals surface area contributed by atoms with Gasteiger partial charge in [0.25, 0.3) is 11.6 Å². The molecule has 0 spiro atoms. The maximum absolute atomic E-state index is 12.6. The van der Waals surface area contributed by atoms with Gasteiger partial charge in [-0.15, -0.1) is 0 Å². The average molecular weight is 427 g/mol. The Labute approximate surface area is 175 Å². The summed E-state index contributed by atoms with van der Waals surface area (Å²) in [5.41, 5.74) is -0.986. The minimum Gasteiger partial charge on any atom is -0.497 e. The fourth-order valence-corrected chi connectivity index (χ4v) is 2.76. The fraction of sp³-hybridized carbons (Fsp3) is 0.158. The Morgan fingerprint density at radius 1 is 1.03 bits per heavy atom. The smallest absolute Gasteiger partial charge is 0.322 e. The molecule has 0 saturated carbocycles. The predicted molar refractivity (Wildman–Crippen MR) is 109 cm³/mol. The molecule has 0 aliphatic carbocycles. The molecule has 31 heavy (non-hydrogen) atoms. The monoisotopic (exact) mass is 427 g/mol. The van der Waals surface area contributed by atoms with Crippen molar-refractivity contribution >= 4 is 23.0 Å². The number of nitrogens with one attached hydrogen (secondary N) is 1. The van der Waals surface area contributed by atoms with Gasteiger partial charge >= 0.3 is 5.69 Å². The van der Waals surface area contributed by atoms with Gasteiger partial charge in [-0.2, -0.15) is 5.10 Å². The number of nitro groups is 2. The normalized spacial score (nSPS) is 10.4. The molecule has 0 saturated heterocycles. The summed E-state index contributed by atoms with van der Waals surface area (Å²) < 4.78 is 11.9. The number of rotatable bonds is 7. The maximum Gasteiger partial charge on any atom is 0.322 e. The quantitative estimate of drug-likeness (QED) is 0.443. The van der Waals surface area contributed by atoms with Crippen LogP contribution >= 0.6 is 0 Å². The highest BCUT2D eigenvalue weighted by molar-refractivity contribution is 6.06. The number of nitrogens with zero attached hydrogens (tertiary/aromatic N) is 4. The molecule has 3 rings (SSSR count). The predicted octanol–water partition coefficient (Wildman–Crippen LogP) is 3.60. The van der Waals surface area contributed by atoms with Crippen molar-refractivity contribution in [3.8, 4) is 17.2 Å². The van der Waals surface area contributed by atoms with Gasteiger partial charge in [0.1, 0.15) is 22.9 Å². The number of carbonyl (C=O) groups excluding carboxylic acids is 1. The van der Waals surface area contributed by atoms with Gasteiger partial charge in [0.05, 0.1) is 28.7 Å². The molecule has 0 bridgehead atoms. The van der Waals surface area contributed by atoms with Gasteiger partial charge < -0.3 is 14.8 Å². The van der Waals surface area contributed by atoms with Gasteiger partial charge in [0.15, 0.2) is 0 Å². The van der Waals surface area contributed by atoms with Crippen LogP contribution in [0.1, 0.15) is 16.2 Å². The molecule has 1 amide bonds. The summed E-state index contributed by atoms with van der Waals surface area (Å²) in [6.07, 6.45) is 0. The first kappa shape index (κ1) is 21.2. The first-order valence-corrected chi connectivity index (χ1v) is 8.80. The van der Waals surface area contributed by atoms with Crippen LogP contribution < -0.4 is 14.8 Å². The van der Waals surface area contributed by atoms with Gasteiger partial charge in [0.2, 0.25) is 5.69 Å². The summed E-state index contributed by atoms with van der Waals surface area (Å²) >= 11 is 0. The SMILES string of the molecule is COc1ccc(Oc2cc(NC(=O)c3nn(C)c(C)c3[N+](=O)[O-])cc([N+](=O)[O-])c2)cc1. The van der Waals surface area contributed by atoms with Crippen molar-refractivity contribution in [3.63, 3.8) is 0 Å². The largest absolute Gasteiger partial charge is 0.497 e. The molecule has 0 aliphatic heterocycles. The van der Waals surface area contributed by atoms with Crippen LogP contribution in [0, 0.1) is 27.2 Å². The van der Waals surface area contributed by atoms with Crippen molar-refractivity contribution in [2.45, 2.75) is 6.92 Å². The van der Waals surface area contributed by atoms with E-state index >= 15 is 0 Å². The number of nitro benzene ring substituents is 1. The van der Waals surface area contributed by atoms with E-state index in [9.17, 15) is 25.0 Å². The zero-order valence-electron chi connectivity index (χ0n) is 16.7. The number of benzene rings is 2. The van der Waals surface area contributed by atoms with E-state index in [1.54, 1.807) is 24.3 Å². The number of hydrogen-bond acceptors (Lipinski definition) is 8. The van der Waals surface area contributed by atoms with Crippen LogP contribution in [0.5, 0.6) is 17.2 Å².